The summed E-state index contributed by atoms with van der Waals surface area (Å²) in [5.74, 6) is 0. The minimum atomic E-state index is -4.20. The third-order valence-corrected chi connectivity index (χ3v) is 4.23. The maximum atomic E-state index is 11.2. The lowest BCUT2D eigenvalue weighted by atomic mass is 10.2. The summed E-state index contributed by atoms with van der Waals surface area (Å²) >= 11 is 0. The maximum absolute atomic E-state index is 11.2. The highest BCUT2D eigenvalue weighted by molar-refractivity contribution is 7.86. The van der Waals surface area contributed by atoms with E-state index >= 15 is 0 Å². The molecule has 0 aromatic rings. The van der Waals surface area contributed by atoms with E-state index in [1.165, 1.54) is 0 Å². The zero-order valence-corrected chi connectivity index (χ0v) is 16.4. The molecule has 12 nitrogen and oxygen atoms in total. The van der Waals surface area contributed by atoms with Crippen LogP contribution in [-0.4, -0.2) is 84.1 Å². The van der Waals surface area contributed by atoms with Crippen molar-refractivity contribution in [3.8, 4) is 0 Å². The van der Waals surface area contributed by atoms with Gasteiger partial charge in [0.2, 0.25) is 0 Å². The first-order valence-corrected chi connectivity index (χ1v) is 13.1. The molecule has 0 saturated carbocycles. The van der Waals surface area contributed by atoms with Crippen LogP contribution in [0.1, 0.15) is 0 Å². The monoisotopic (exact) mass is 434 g/mol. The van der Waals surface area contributed by atoms with Gasteiger partial charge in [-0.2, -0.15) is 33.7 Å². The van der Waals surface area contributed by atoms with Gasteiger partial charge in [-0.25, -0.2) is 0 Å². The normalized spacial score (nSPS) is 16.7. The predicted octanol–water partition coefficient (Wildman–Crippen LogP) is -2.37. The summed E-state index contributed by atoms with van der Waals surface area (Å²) in [6.07, 6.45) is -1.10. The van der Waals surface area contributed by atoms with Crippen molar-refractivity contribution in [1.82, 2.24) is 0 Å². The van der Waals surface area contributed by atoms with Crippen molar-refractivity contribution in [1.29, 1.82) is 0 Å². The molecule has 0 bridgehead atoms. The average Bonchev–Trinajstić information content (AvgIpc) is 2.25. The first-order valence-electron chi connectivity index (χ1n) is 5.83. The Bertz CT molecular complexity index is 747. The van der Waals surface area contributed by atoms with Crippen molar-refractivity contribution in [2.45, 2.75) is 12.2 Å². The van der Waals surface area contributed by atoms with E-state index in [1.54, 1.807) is 0 Å². The largest absolute Gasteiger partial charge is 0.267 e. The Hall–Kier alpha value is -0.360. The van der Waals surface area contributed by atoms with Gasteiger partial charge in [0.05, 0.1) is 38.2 Å². The minimum absolute atomic E-state index is 0.607. The molecule has 0 aliphatic heterocycles. The zero-order valence-electron chi connectivity index (χ0n) is 13.1. The molecule has 2 atom stereocenters. The SMILES string of the molecule is CS(=O)(=O)OC[C@H](OS(C)(=O)=O)[C@H](COS(C)(=O)=O)OS(C)(=O)=O. The van der Waals surface area contributed by atoms with Crippen LogP contribution in [-0.2, 0) is 57.2 Å². The van der Waals surface area contributed by atoms with Crippen LogP contribution in [0, 0.1) is 0 Å². The maximum Gasteiger partial charge on any atom is 0.264 e. The Morgan fingerprint density at radius 3 is 0.958 bits per heavy atom. The highest BCUT2D eigenvalue weighted by Crippen LogP contribution is 2.13. The summed E-state index contributed by atoms with van der Waals surface area (Å²) in [5, 5.41) is 0. The highest BCUT2D eigenvalue weighted by atomic mass is 32.2. The van der Waals surface area contributed by atoms with Crippen molar-refractivity contribution in [3.63, 3.8) is 0 Å². The molecule has 146 valence electrons. The number of hydrogen-bond acceptors (Lipinski definition) is 12. The molecular formula is C8H18O12S4. The molecule has 0 aliphatic carbocycles. The summed E-state index contributed by atoms with van der Waals surface area (Å²) in [5.41, 5.74) is 0. The Morgan fingerprint density at radius 1 is 0.542 bits per heavy atom. The molecule has 0 unspecified atom stereocenters. The van der Waals surface area contributed by atoms with Gasteiger partial charge in [0.15, 0.2) is 0 Å². The van der Waals surface area contributed by atoms with E-state index in [2.05, 4.69) is 16.7 Å². The lowest BCUT2D eigenvalue weighted by molar-refractivity contribution is 0.00956. The number of hydrogen-bond donors (Lipinski definition) is 0. The molecule has 0 aromatic heterocycles. The van der Waals surface area contributed by atoms with Crippen LogP contribution in [0.4, 0.5) is 0 Å². The molecule has 24 heavy (non-hydrogen) atoms. The first kappa shape index (κ1) is 23.6. The second-order valence-electron chi connectivity index (χ2n) is 4.65. The fraction of sp³-hybridized carbons (Fsp3) is 1.00. The zero-order chi connectivity index (χ0) is 19.4. The van der Waals surface area contributed by atoms with Crippen molar-refractivity contribution >= 4 is 40.5 Å². The van der Waals surface area contributed by atoms with Crippen molar-refractivity contribution in [2.75, 3.05) is 38.2 Å². The van der Waals surface area contributed by atoms with Gasteiger partial charge in [-0.1, -0.05) is 0 Å². The van der Waals surface area contributed by atoms with E-state index in [-0.39, 0.29) is 0 Å². The Balaban J connectivity index is 5.57. The van der Waals surface area contributed by atoms with Crippen LogP contribution in [0.25, 0.3) is 0 Å². The van der Waals surface area contributed by atoms with Crippen LogP contribution in [0.3, 0.4) is 0 Å². The minimum Gasteiger partial charge on any atom is -0.267 e. The van der Waals surface area contributed by atoms with E-state index in [9.17, 15) is 33.7 Å². The van der Waals surface area contributed by atoms with Gasteiger partial charge in [-0.15, -0.1) is 0 Å². The van der Waals surface area contributed by atoms with E-state index in [4.69, 9.17) is 0 Å². The van der Waals surface area contributed by atoms with Crippen molar-refractivity contribution < 1.29 is 50.4 Å². The van der Waals surface area contributed by atoms with Crippen LogP contribution in [0.15, 0.2) is 0 Å². The van der Waals surface area contributed by atoms with Crippen LogP contribution in [0.2, 0.25) is 0 Å². The lowest BCUT2D eigenvalue weighted by Crippen LogP contribution is -2.42. The topological polar surface area (TPSA) is 173 Å². The van der Waals surface area contributed by atoms with Crippen LogP contribution in [0.5, 0.6) is 0 Å². The quantitative estimate of drug-likeness (QED) is 0.317. The Morgan fingerprint density at radius 2 is 0.792 bits per heavy atom. The molecule has 0 aromatic carbocycles. The molecule has 0 radical (unpaired) electrons. The summed E-state index contributed by atoms with van der Waals surface area (Å²) in [6.45, 7) is -1.92. The average molecular weight is 434 g/mol. The van der Waals surface area contributed by atoms with E-state index in [0.29, 0.717) is 25.0 Å². The highest BCUT2D eigenvalue weighted by Gasteiger charge is 2.32. The van der Waals surface area contributed by atoms with Crippen molar-refractivity contribution in [3.05, 3.63) is 0 Å². The predicted molar refractivity (Wildman–Crippen MR) is 81.0 cm³/mol. The molecule has 0 N–H and O–H groups in total. The molecular weight excluding hydrogens is 416 g/mol. The van der Waals surface area contributed by atoms with Gasteiger partial charge in [0.25, 0.3) is 40.5 Å². The van der Waals surface area contributed by atoms with E-state index in [0.717, 1.165) is 0 Å². The molecule has 0 fully saturated rings. The van der Waals surface area contributed by atoms with E-state index < -0.39 is 65.9 Å². The second kappa shape index (κ2) is 8.35. The standard InChI is InChI=1S/C8H18O12S4/c1-21(9,10)17-5-7(19-23(3,13)14)8(20-24(4,15)16)6-18-22(2,11)12/h7-8H,5-6H2,1-4H3/t7-,8-/m0/s1. The van der Waals surface area contributed by atoms with Crippen molar-refractivity contribution in [2.24, 2.45) is 0 Å². The fourth-order valence-electron chi connectivity index (χ4n) is 1.22. The molecule has 0 rings (SSSR count). The molecule has 0 heterocycles. The summed E-state index contributed by atoms with van der Waals surface area (Å²) in [7, 11) is -16.5. The summed E-state index contributed by atoms with van der Waals surface area (Å²) in [6, 6.07) is 0. The molecule has 0 amide bonds. The molecule has 16 heteroatoms. The summed E-state index contributed by atoms with van der Waals surface area (Å²) < 4.78 is 107. The van der Waals surface area contributed by atoms with Gasteiger partial charge in [-0.05, 0) is 0 Å². The van der Waals surface area contributed by atoms with Crippen LogP contribution < -0.4 is 0 Å². The van der Waals surface area contributed by atoms with Gasteiger partial charge < -0.3 is 0 Å². The smallest absolute Gasteiger partial charge is 0.264 e. The Labute approximate surface area is 141 Å². The van der Waals surface area contributed by atoms with Gasteiger partial charge in [0.1, 0.15) is 12.2 Å². The Kier molecular flexibility index (Phi) is 8.22. The number of rotatable bonds is 11. The molecule has 0 aliphatic rings. The third-order valence-electron chi connectivity index (χ3n) is 1.90. The molecule has 0 spiro atoms. The van der Waals surface area contributed by atoms with Gasteiger partial charge >= 0.3 is 0 Å². The lowest BCUT2D eigenvalue weighted by Gasteiger charge is -2.24. The van der Waals surface area contributed by atoms with E-state index in [1.807, 2.05) is 0 Å². The molecule has 0 saturated heterocycles. The van der Waals surface area contributed by atoms with Gasteiger partial charge in [-0.3, -0.25) is 16.7 Å². The van der Waals surface area contributed by atoms with Crippen LogP contribution >= 0.6 is 0 Å². The third kappa shape index (κ3) is 14.0. The fourth-order valence-corrected chi connectivity index (χ4v) is 3.24. The second-order valence-corrected chi connectivity index (χ2v) is 11.1. The van der Waals surface area contributed by atoms with Gasteiger partial charge in [0, 0.05) is 0 Å². The summed E-state index contributed by atoms with van der Waals surface area (Å²) in [4.78, 5) is 0. The first-order chi connectivity index (χ1) is 10.4.